The van der Waals surface area contributed by atoms with Crippen LogP contribution in [0.15, 0.2) is 0 Å². The summed E-state index contributed by atoms with van der Waals surface area (Å²) in [6, 6.07) is -0.242. The van der Waals surface area contributed by atoms with Crippen LogP contribution >= 0.6 is 0 Å². The van der Waals surface area contributed by atoms with Gasteiger partial charge >= 0.3 is 6.03 Å². The molecular weight excluding hydrogens is 362 g/mol. The monoisotopic (exact) mass is 393 g/mol. The molecule has 8 nitrogen and oxygen atoms in total. The number of fused-ring (bicyclic) bond motifs is 1. The average Bonchev–Trinajstić information content (AvgIpc) is 3.01. The normalized spacial score (nSPS) is 20.0. The van der Waals surface area contributed by atoms with Gasteiger partial charge in [-0.15, -0.1) is 0 Å². The van der Waals surface area contributed by atoms with Crippen LogP contribution in [-0.4, -0.2) is 53.4 Å². The van der Waals surface area contributed by atoms with Crippen molar-refractivity contribution < 1.29 is 14.7 Å². The van der Waals surface area contributed by atoms with Gasteiger partial charge in [0.1, 0.15) is 0 Å². The Bertz CT molecular complexity index is 749. The molecule has 1 fully saturated rings. The van der Waals surface area contributed by atoms with Crippen LogP contribution in [0.3, 0.4) is 0 Å². The largest absolute Gasteiger partial charge is 0.395 e. The van der Waals surface area contributed by atoms with Crippen LogP contribution in [0.4, 0.5) is 10.6 Å². The van der Waals surface area contributed by atoms with Crippen molar-refractivity contribution in [1.82, 2.24) is 20.4 Å². The van der Waals surface area contributed by atoms with Crippen molar-refractivity contribution in [3.63, 3.8) is 0 Å². The third kappa shape index (κ3) is 3.06. The molecule has 0 aromatic carbocycles. The minimum Gasteiger partial charge on any atom is -0.395 e. The lowest BCUT2D eigenvalue weighted by Gasteiger charge is -2.48. The van der Waals surface area contributed by atoms with Crippen LogP contribution in [0.25, 0.3) is 0 Å². The van der Waals surface area contributed by atoms with E-state index in [9.17, 15) is 9.59 Å². The molecule has 4 N–H and O–H groups in total. The van der Waals surface area contributed by atoms with Crippen LogP contribution in [0, 0.1) is 0 Å². The van der Waals surface area contributed by atoms with Crippen molar-refractivity contribution in [2.75, 3.05) is 18.5 Å². The van der Waals surface area contributed by atoms with Crippen LogP contribution in [0.5, 0.6) is 0 Å². The van der Waals surface area contributed by atoms with Crippen molar-refractivity contribution in [3.8, 4) is 0 Å². The zero-order valence-corrected chi connectivity index (χ0v) is 17.9. The Hall–Kier alpha value is -1.87. The molecule has 0 bridgehead atoms. The van der Waals surface area contributed by atoms with Gasteiger partial charge in [-0.1, -0.05) is 26.1 Å². The van der Waals surface area contributed by atoms with Gasteiger partial charge in [0.25, 0.3) is 0 Å². The van der Waals surface area contributed by atoms with Crippen molar-refractivity contribution in [3.05, 3.63) is 11.3 Å². The van der Waals surface area contributed by atoms with Crippen LogP contribution in [0.1, 0.15) is 44.4 Å². The van der Waals surface area contributed by atoms with E-state index in [1.807, 2.05) is 13.8 Å². The number of aromatic amines is 1. The SMILES string of the molecule is CC1(C)c2[nH]nc(NC(=O)C3([Si](C)(C)C)CCC3)c2CN1C(=O)NCCO. The second kappa shape index (κ2) is 6.63. The number of nitrogens with zero attached hydrogens (tertiary/aromatic N) is 2. The maximum absolute atomic E-state index is 13.1. The summed E-state index contributed by atoms with van der Waals surface area (Å²) in [5.74, 6) is 0.605. The Morgan fingerprint density at radius 3 is 2.48 bits per heavy atom. The summed E-state index contributed by atoms with van der Waals surface area (Å²) in [6.45, 7) is 11.1. The average molecular weight is 394 g/mol. The second-order valence-corrected chi connectivity index (χ2v) is 14.6. The standard InChI is InChI=1S/C18H31N5O3Si/c1-17(2)13-12(11-23(17)16(26)19-9-10-24)14(22-21-13)20-15(25)18(7-6-8-18)27(3,4)5/h24H,6-11H2,1-5H3,(H,19,26)(H2,20,21,22,25). The summed E-state index contributed by atoms with van der Waals surface area (Å²) in [6.07, 6.45) is 2.99. The quantitative estimate of drug-likeness (QED) is 0.576. The molecule has 1 aromatic rings. The highest BCUT2D eigenvalue weighted by molar-refractivity contribution is 6.83. The third-order valence-corrected chi connectivity index (χ3v) is 10.0. The molecule has 3 rings (SSSR count). The van der Waals surface area contributed by atoms with E-state index in [1.165, 1.54) is 0 Å². The Morgan fingerprint density at radius 2 is 1.96 bits per heavy atom. The van der Waals surface area contributed by atoms with Crippen molar-refractivity contribution in [2.24, 2.45) is 0 Å². The molecule has 0 saturated heterocycles. The number of hydrogen-bond donors (Lipinski definition) is 4. The lowest BCUT2D eigenvalue weighted by Crippen LogP contribution is -2.52. The maximum atomic E-state index is 13.1. The van der Waals surface area contributed by atoms with E-state index in [0.29, 0.717) is 12.4 Å². The minimum atomic E-state index is -1.67. The first-order valence-electron chi connectivity index (χ1n) is 9.60. The Labute approximate surface area is 161 Å². The minimum absolute atomic E-state index is 0.0724. The van der Waals surface area contributed by atoms with Gasteiger partial charge in [-0.3, -0.25) is 9.89 Å². The number of aliphatic hydroxyl groups excluding tert-OH is 1. The van der Waals surface area contributed by atoms with Crippen molar-refractivity contribution in [1.29, 1.82) is 0 Å². The highest BCUT2D eigenvalue weighted by atomic mass is 28.3. The molecule has 1 aromatic heterocycles. The van der Waals surface area contributed by atoms with E-state index in [1.54, 1.807) is 4.90 Å². The first kappa shape index (κ1) is 19.9. The Morgan fingerprint density at radius 1 is 1.30 bits per heavy atom. The topological polar surface area (TPSA) is 110 Å². The summed E-state index contributed by atoms with van der Waals surface area (Å²) in [5, 5.41) is 21.8. The van der Waals surface area contributed by atoms with E-state index < -0.39 is 13.6 Å². The number of aromatic nitrogens is 2. The highest BCUT2D eigenvalue weighted by Gasteiger charge is 2.54. The number of nitrogens with one attached hydrogen (secondary N) is 3. The molecule has 150 valence electrons. The number of amides is 3. The number of H-pyrrole nitrogens is 1. The fourth-order valence-electron chi connectivity index (χ4n) is 4.28. The predicted molar refractivity (Wildman–Crippen MR) is 106 cm³/mol. The molecule has 9 heteroatoms. The molecule has 0 spiro atoms. The highest BCUT2D eigenvalue weighted by Crippen LogP contribution is 2.56. The lowest BCUT2D eigenvalue weighted by molar-refractivity contribution is -0.121. The molecule has 1 saturated carbocycles. The maximum Gasteiger partial charge on any atom is 0.318 e. The molecule has 1 aliphatic heterocycles. The van der Waals surface area contributed by atoms with Gasteiger partial charge < -0.3 is 20.6 Å². The van der Waals surface area contributed by atoms with Crippen molar-refractivity contribution in [2.45, 2.75) is 69.9 Å². The third-order valence-electron chi connectivity index (χ3n) is 6.41. The summed E-state index contributed by atoms with van der Waals surface area (Å²) >= 11 is 0. The van der Waals surface area contributed by atoms with Gasteiger partial charge in [0.2, 0.25) is 5.91 Å². The van der Waals surface area contributed by atoms with Crippen LogP contribution in [-0.2, 0) is 16.9 Å². The van der Waals surface area contributed by atoms with Gasteiger partial charge in [-0.2, -0.15) is 5.10 Å². The number of aliphatic hydroxyl groups is 1. The molecule has 0 atom stereocenters. The number of anilines is 1. The Kier molecular flexibility index (Phi) is 4.88. The van der Waals surface area contributed by atoms with E-state index in [4.69, 9.17) is 5.11 Å². The fourth-order valence-corrected chi connectivity index (χ4v) is 6.88. The summed E-state index contributed by atoms with van der Waals surface area (Å²) in [4.78, 5) is 27.3. The number of rotatable bonds is 5. The lowest BCUT2D eigenvalue weighted by atomic mass is 9.83. The zero-order valence-electron chi connectivity index (χ0n) is 16.9. The number of hydrogen-bond acceptors (Lipinski definition) is 4. The fraction of sp³-hybridized carbons (Fsp3) is 0.722. The Balaban J connectivity index is 1.81. The smallest absolute Gasteiger partial charge is 0.318 e. The second-order valence-electron chi connectivity index (χ2n) is 9.17. The first-order valence-corrected chi connectivity index (χ1v) is 13.1. The van der Waals surface area contributed by atoms with Crippen LogP contribution in [0.2, 0.25) is 24.7 Å². The van der Waals surface area contributed by atoms with Gasteiger partial charge in [-0.25, -0.2) is 4.79 Å². The zero-order chi connectivity index (χ0) is 20.0. The van der Waals surface area contributed by atoms with Gasteiger partial charge in [-0.05, 0) is 26.7 Å². The van der Waals surface area contributed by atoms with Crippen LogP contribution < -0.4 is 10.6 Å². The van der Waals surface area contributed by atoms with Crippen molar-refractivity contribution >= 4 is 25.8 Å². The van der Waals surface area contributed by atoms with Gasteiger partial charge in [0.05, 0.1) is 32.5 Å². The number of urea groups is 1. The molecule has 2 heterocycles. The molecule has 0 unspecified atom stereocenters. The number of carbonyl (C=O) groups excluding carboxylic acids is 2. The molecule has 1 aliphatic carbocycles. The van der Waals surface area contributed by atoms with Gasteiger partial charge in [0, 0.05) is 17.1 Å². The predicted octanol–water partition coefficient (Wildman–Crippen LogP) is 2.36. The molecular formula is C18H31N5O3Si. The first-order chi connectivity index (χ1) is 12.5. The molecule has 3 amide bonds. The van der Waals surface area contributed by atoms with E-state index in [0.717, 1.165) is 30.5 Å². The number of carbonyl (C=O) groups is 2. The molecule has 27 heavy (non-hydrogen) atoms. The molecule has 0 radical (unpaired) electrons. The van der Waals surface area contributed by atoms with E-state index >= 15 is 0 Å². The summed E-state index contributed by atoms with van der Waals surface area (Å²) in [7, 11) is -1.67. The summed E-state index contributed by atoms with van der Waals surface area (Å²) in [5.41, 5.74) is 1.13. The summed E-state index contributed by atoms with van der Waals surface area (Å²) < 4.78 is 0. The molecule has 2 aliphatic rings. The van der Waals surface area contributed by atoms with E-state index in [-0.39, 0.29) is 30.1 Å². The van der Waals surface area contributed by atoms with Gasteiger partial charge in [0.15, 0.2) is 5.82 Å². The van der Waals surface area contributed by atoms with E-state index in [2.05, 4.69) is 40.5 Å².